The molecule has 0 unspecified atom stereocenters. The minimum atomic E-state index is -0.407. The number of hydrogen-bond donors (Lipinski definition) is 2. The summed E-state index contributed by atoms with van der Waals surface area (Å²) >= 11 is 19.4. The molecule has 0 saturated carbocycles. The average molecular weight is 531 g/mol. The molecule has 0 amide bonds. The van der Waals surface area contributed by atoms with Gasteiger partial charge in [0.25, 0.3) is 0 Å². The van der Waals surface area contributed by atoms with Gasteiger partial charge in [0.2, 0.25) is 0 Å². The number of carbonyl (C=O) groups excluding carboxylic acids is 1. The second-order valence-electron chi connectivity index (χ2n) is 7.15. The van der Waals surface area contributed by atoms with E-state index in [0.29, 0.717) is 38.0 Å². The van der Waals surface area contributed by atoms with Gasteiger partial charge in [-0.05, 0) is 42.9 Å². The highest BCUT2D eigenvalue weighted by Gasteiger charge is 2.19. The quantitative estimate of drug-likeness (QED) is 0.199. The summed E-state index contributed by atoms with van der Waals surface area (Å²) in [5, 5.41) is 12.6. The molecule has 0 spiro atoms. The fourth-order valence-electron chi connectivity index (χ4n) is 3.21. The van der Waals surface area contributed by atoms with Gasteiger partial charge in [-0.3, -0.25) is 4.68 Å². The zero-order chi connectivity index (χ0) is 24.1. The predicted octanol–water partition coefficient (Wildman–Crippen LogP) is 6.95. The van der Waals surface area contributed by atoms with Crippen LogP contribution in [0, 0.1) is 0 Å². The first-order chi connectivity index (χ1) is 16.4. The molecule has 0 aliphatic heterocycles. The smallest absolute Gasteiger partial charge is 0.341 e. The Hall–Kier alpha value is -2.91. The number of anilines is 2. The van der Waals surface area contributed by atoms with Gasteiger partial charge >= 0.3 is 5.97 Å². The third kappa shape index (κ3) is 5.77. The highest BCUT2D eigenvalue weighted by molar-refractivity contribution is 7.80. The van der Waals surface area contributed by atoms with Gasteiger partial charge in [0.05, 0.1) is 30.6 Å². The van der Waals surface area contributed by atoms with Gasteiger partial charge in [0, 0.05) is 26.7 Å². The molecule has 2 aromatic carbocycles. The zero-order valence-corrected chi connectivity index (χ0v) is 21.2. The van der Waals surface area contributed by atoms with Crippen molar-refractivity contribution >= 4 is 68.5 Å². The van der Waals surface area contributed by atoms with Crippen molar-refractivity contribution in [2.75, 3.05) is 17.2 Å². The van der Waals surface area contributed by atoms with Crippen molar-refractivity contribution in [1.29, 1.82) is 0 Å². The summed E-state index contributed by atoms with van der Waals surface area (Å²) in [5.74, 6) is -0.407. The SMILES string of the molecule is CCOC(=O)c1cc(-c2ccccc2)sc1NC(=S)Nc1cnn(Cc2c(Cl)cccc2Cl)c1. The maximum Gasteiger partial charge on any atom is 0.341 e. The molecule has 6 nitrogen and oxygen atoms in total. The molecule has 4 aromatic rings. The number of rotatable bonds is 7. The van der Waals surface area contributed by atoms with Crippen LogP contribution in [0.15, 0.2) is 67.0 Å². The Labute approximate surface area is 216 Å². The molecule has 4 rings (SSSR count). The summed E-state index contributed by atoms with van der Waals surface area (Å²) in [6.45, 7) is 2.47. The Morgan fingerprint density at radius 1 is 1.12 bits per heavy atom. The summed E-state index contributed by atoms with van der Waals surface area (Å²) < 4.78 is 6.94. The number of halogens is 2. The van der Waals surface area contributed by atoms with Crippen molar-refractivity contribution < 1.29 is 9.53 Å². The van der Waals surface area contributed by atoms with Crippen molar-refractivity contribution in [3.8, 4) is 10.4 Å². The first-order valence-corrected chi connectivity index (χ1v) is 12.3. The standard InChI is InChI=1S/C24H20Cl2N4O2S2/c1-2-32-23(31)17-11-21(15-7-4-3-5-8-15)34-22(17)29-24(33)28-16-12-27-30(13-16)14-18-19(25)9-6-10-20(18)26/h3-13H,2,14H2,1H3,(H2,28,29,33). The Balaban J connectivity index is 1.49. The van der Waals surface area contributed by atoms with Gasteiger partial charge in [-0.25, -0.2) is 4.79 Å². The Kier molecular flexibility index (Phi) is 7.84. The second-order valence-corrected chi connectivity index (χ2v) is 9.42. The summed E-state index contributed by atoms with van der Waals surface area (Å²) in [4.78, 5) is 13.5. The minimum absolute atomic E-state index is 0.284. The number of nitrogens with one attached hydrogen (secondary N) is 2. The molecule has 2 N–H and O–H groups in total. The summed E-state index contributed by atoms with van der Waals surface area (Å²) in [7, 11) is 0. The Bertz CT molecular complexity index is 1300. The summed E-state index contributed by atoms with van der Waals surface area (Å²) in [5.41, 5.74) is 2.90. The number of hydrogen-bond acceptors (Lipinski definition) is 5. The van der Waals surface area contributed by atoms with Crippen LogP contribution in [0.1, 0.15) is 22.8 Å². The molecule has 34 heavy (non-hydrogen) atoms. The number of thiophene rings is 1. The molecular weight excluding hydrogens is 511 g/mol. The van der Waals surface area contributed by atoms with Crippen LogP contribution in [-0.4, -0.2) is 27.5 Å². The predicted molar refractivity (Wildman–Crippen MR) is 143 cm³/mol. The van der Waals surface area contributed by atoms with E-state index < -0.39 is 5.97 Å². The number of ether oxygens (including phenoxy) is 1. The molecule has 2 heterocycles. The highest BCUT2D eigenvalue weighted by Crippen LogP contribution is 2.36. The van der Waals surface area contributed by atoms with Gasteiger partial charge in [-0.15, -0.1) is 11.3 Å². The van der Waals surface area contributed by atoms with Crippen LogP contribution in [0.25, 0.3) is 10.4 Å². The fraction of sp³-hybridized carbons (Fsp3) is 0.125. The lowest BCUT2D eigenvalue weighted by molar-refractivity contribution is 0.0528. The van der Waals surface area contributed by atoms with Gasteiger partial charge in [-0.2, -0.15) is 5.10 Å². The van der Waals surface area contributed by atoms with Crippen LogP contribution in [0.5, 0.6) is 0 Å². The third-order valence-electron chi connectivity index (χ3n) is 4.79. The van der Waals surface area contributed by atoms with Crippen LogP contribution in [0.3, 0.4) is 0 Å². The first kappa shape index (κ1) is 24.2. The van der Waals surface area contributed by atoms with E-state index in [1.165, 1.54) is 11.3 Å². The molecule has 0 aliphatic rings. The maximum atomic E-state index is 12.5. The fourth-order valence-corrected chi connectivity index (χ4v) is 5.07. The molecule has 174 valence electrons. The largest absolute Gasteiger partial charge is 0.462 e. The van der Waals surface area contributed by atoms with Gasteiger partial charge < -0.3 is 15.4 Å². The summed E-state index contributed by atoms with van der Waals surface area (Å²) in [6, 6.07) is 17.0. The number of benzene rings is 2. The van der Waals surface area contributed by atoms with Crippen LogP contribution in [0.2, 0.25) is 10.0 Å². The minimum Gasteiger partial charge on any atom is -0.462 e. The topological polar surface area (TPSA) is 68.2 Å². The van der Waals surface area contributed by atoms with Crippen LogP contribution >= 0.6 is 46.8 Å². The van der Waals surface area contributed by atoms with E-state index in [2.05, 4.69) is 15.7 Å². The molecule has 0 bridgehead atoms. The monoisotopic (exact) mass is 530 g/mol. The van der Waals surface area contributed by atoms with Crippen molar-refractivity contribution in [3.05, 3.63) is 88.2 Å². The lowest BCUT2D eigenvalue weighted by Crippen LogP contribution is -2.19. The van der Waals surface area contributed by atoms with Gasteiger partial charge in [-0.1, -0.05) is 59.6 Å². The van der Waals surface area contributed by atoms with E-state index in [9.17, 15) is 4.79 Å². The molecule has 10 heteroatoms. The number of thiocarbonyl (C=S) groups is 1. The molecule has 2 aromatic heterocycles. The number of aromatic nitrogens is 2. The second kappa shape index (κ2) is 11.0. The number of carbonyl (C=O) groups is 1. The van der Waals surface area contributed by atoms with Crippen LogP contribution < -0.4 is 10.6 Å². The zero-order valence-electron chi connectivity index (χ0n) is 18.0. The Morgan fingerprint density at radius 3 is 2.56 bits per heavy atom. The summed E-state index contributed by atoms with van der Waals surface area (Å²) in [6.07, 6.45) is 3.44. The van der Waals surface area contributed by atoms with E-state index in [1.807, 2.05) is 36.4 Å². The number of nitrogens with zero attached hydrogens (tertiary/aromatic N) is 2. The van der Waals surface area contributed by atoms with Crippen molar-refractivity contribution in [3.63, 3.8) is 0 Å². The van der Waals surface area contributed by atoms with Gasteiger partial charge in [0.1, 0.15) is 5.00 Å². The normalized spacial score (nSPS) is 10.7. The number of esters is 1. The highest BCUT2D eigenvalue weighted by atomic mass is 35.5. The van der Waals surface area contributed by atoms with Crippen LogP contribution in [0.4, 0.5) is 10.7 Å². The van der Waals surface area contributed by atoms with Crippen LogP contribution in [-0.2, 0) is 11.3 Å². The molecule has 0 fully saturated rings. The van der Waals surface area contributed by atoms with E-state index in [1.54, 1.807) is 42.2 Å². The molecular formula is C24H20Cl2N4O2S2. The molecule has 0 atom stereocenters. The van der Waals surface area contributed by atoms with E-state index in [-0.39, 0.29) is 6.61 Å². The molecule has 0 radical (unpaired) electrons. The van der Waals surface area contributed by atoms with E-state index >= 15 is 0 Å². The maximum absolute atomic E-state index is 12.5. The lowest BCUT2D eigenvalue weighted by atomic mass is 10.1. The first-order valence-electron chi connectivity index (χ1n) is 10.3. The van der Waals surface area contributed by atoms with E-state index in [0.717, 1.165) is 16.0 Å². The average Bonchev–Trinajstić information content (AvgIpc) is 3.44. The van der Waals surface area contributed by atoms with Gasteiger partial charge in [0.15, 0.2) is 5.11 Å². The molecule has 0 saturated heterocycles. The van der Waals surface area contributed by atoms with Crippen molar-refractivity contribution in [2.45, 2.75) is 13.5 Å². The van der Waals surface area contributed by atoms with Crippen molar-refractivity contribution in [1.82, 2.24) is 9.78 Å². The molecule has 0 aliphatic carbocycles. The third-order valence-corrected chi connectivity index (χ3v) is 6.80. The Morgan fingerprint density at radius 2 is 1.85 bits per heavy atom. The van der Waals surface area contributed by atoms with Crippen molar-refractivity contribution in [2.24, 2.45) is 0 Å². The lowest BCUT2D eigenvalue weighted by Gasteiger charge is -2.09. The van der Waals surface area contributed by atoms with E-state index in [4.69, 9.17) is 40.2 Å².